The van der Waals surface area contributed by atoms with Crippen molar-refractivity contribution in [2.75, 3.05) is 32.8 Å². The zero-order chi connectivity index (χ0) is 19.2. The third-order valence-electron chi connectivity index (χ3n) is 4.52. The highest BCUT2D eigenvalue weighted by Gasteiger charge is 2.22. The first kappa shape index (κ1) is 18.8. The van der Waals surface area contributed by atoms with Crippen molar-refractivity contribution in [1.82, 2.24) is 9.80 Å². The van der Waals surface area contributed by atoms with Crippen LogP contribution in [0.1, 0.15) is 12.5 Å². The molecule has 27 heavy (non-hydrogen) atoms. The van der Waals surface area contributed by atoms with Gasteiger partial charge in [0.1, 0.15) is 17.2 Å². The molecule has 0 atom stereocenters. The highest BCUT2D eigenvalue weighted by Crippen LogP contribution is 2.24. The molecule has 1 aliphatic rings. The standard InChI is InChI=1S/C21H24N2O4/c1-16-3-5-19(6-4-16)27-20-9-7-18(8-10-20)26-15-21(25)23-13-11-22(12-14-23)17(2)24/h3-10H,11-15H2,1-2H3. The van der Waals surface area contributed by atoms with Gasteiger partial charge in [0.2, 0.25) is 5.91 Å². The Morgan fingerprint density at radius 2 is 1.30 bits per heavy atom. The van der Waals surface area contributed by atoms with Crippen LogP contribution in [0.3, 0.4) is 0 Å². The first-order valence-electron chi connectivity index (χ1n) is 9.02. The Bertz CT molecular complexity index is 779. The second-order valence-corrected chi connectivity index (χ2v) is 6.56. The number of benzene rings is 2. The van der Waals surface area contributed by atoms with Gasteiger partial charge in [0, 0.05) is 33.1 Å². The summed E-state index contributed by atoms with van der Waals surface area (Å²) in [6, 6.07) is 15.0. The van der Waals surface area contributed by atoms with Crippen LogP contribution >= 0.6 is 0 Å². The van der Waals surface area contributed by atoms with Crippen molar-refractivity contribution in [1.29, 1.82) is 0 Å². The number of aryl methyl sites for hydroxylation is 1. The van der Waals surface area contributed by atoms with Crippen molar-refractivity contribution in [2.24, 2.45) is 0 Å². The predicted molar refractivity (Wildman–Crippen MR) is 102 cm³/mol. The number of nitrogens with zero attached hydrogens (tertiary/aromatic N) is 2. The first-order chi connectivity index (χ1) is 13.0. The van der Waals surface area contributed by atoms with Gasteiger partial charge >= 0.3 is 0 Å². The van der Waals surface area contributed by atoms with Gasteiger partial charge in [0.15, 0.2) is 6.61 Å². The summed E-state index contributed by atoms with van der Waals surface area (Å²) in [5.41, 5.74) is 1.18. The summed E-state index contributed by atoms with van der Waals surface area (Å²) in [7, 11) is 0. The fraction of sp³-hybridized carbons (Fsp3) is 0.333. The fourth-order valence-corrected chi connectivity index (χ4v) is 2.85. The zero-order valence-corrected chi connectivity index (χ0v) is 15.7. The highest BCUT2D eigenvalue weighted by atomic mass is 16.5. The summed E-state index contributed by atoms with van der Waals surface area (Å²) in [6.07, 6.45) is 0. The summed E-state index contributed by atoms with van der Waals surface area (Å²) >= 11 is 0. The predicted octanol–water partition coefficient (Wildman–Crippen LogP) is 2.86. The lowest BCUT2D eigenvalue weighted by Gasteiger charge is -2.34. The van der Waals surface area contributed by atoms with Crippen LogP contribution in [0.4, 0.5) is 0 Å². The van der Waals surface area contributed by atoms with Crippen LogP contribution in [-0.4, -0.2) is 54.4 Å². The van der Waals surface area contributed by atoms with Crippen molar-refractivity contribution in [3.05, 3.63) is 54.1 Å². The second kappa shape index (κ2) is 8.58. The lowest BCUT2D eigenvalue weighted by Crippen LogP contribution is -2.51. The molecular formula is C21H24N2O4. The van der Waals surface area contributed by atoms with E-state index in [4.69, 9.17) is 9.47 Å². The van der Waals surface area contributed by atoms with Gasteiger partial charge in [-0.3, -0.25) is 9.59 Å². The molecule has 0 aliphatic carbocycles. The van der Waals surface area contributed by atoms with Gasteiger partial charge in [-0.1, -0.05) is 17.7 Å². The summed E-state index contributed by atoms with van der Waals surface area (Å²) in [5.74, 6) is 2.07. The monoisotopic (exact) mass is 368 g/mol. The minimum Gasteiger partial charge on any atom is -0.484 e. The van der Waals surface area contributed by atoms with Gasteiger partial charge in [-0.2, -0.15) is 0 Å². The Morgan fingerprint density at radius 3 is 1.85 bits per heavy atom. The van der Waals surface area contributed by atoms with E-state index in [-0.39, 0.29) is 18.4 Å². The lowest BCUT2D eigenvalue weighted by atomic mass is 10.2. The summed E-state index contributed by atoms with van der Waals surface area (Å²) in [6.45, 7) is 5.81. The topological polar surface area (TPSA) is 59.1 Å². The van der Waals surface area contributed by atoms with Crippen molar-refractivity contribution < 1.29 is 19.1 Å². The Morgan fingerprint density at radius 1 is 0.815 bits per heavy atom. The van der Waals surface area contributed by atoms with Gasteiger partial charge in [-0.05, 0) is 43.3 Å². The van der Waals surface area contributed by atoms with Gasteiger partial charge in [0.05, 0.1) is 0 Å². The summed E-state index contributed by atoms with van der Waals surface area (Å²) in [5, 5.41) is 0. The van der Waals surface area contributed by atoms with Crippen molar-refractivity contribution in [2.45, 2.75) is 13.8 Å². The number of carbonyl (C=O) groups excluding carboxylic acids is 2. The van der Waals surface area contributed by atoms with E-state index in [0.717, 1.165) is 5.75 Å². The summed E-state index contributed by atoms with van der Waals surface area (Å²) in [4.78, 5) is 27.1. The molecule has 1 aliphatic heterocycles. The molecule has 0 bridgehead atoms. The van der Waals surface area contributed by atoms with Gasteiger partial charge in [0.25, 0.3) is 5.91 Å². The molecule has 0 saturated carbocycles. The number of hydrogen-bond donors (Lipinski definition) is 0. The molecule has 1 saturated heterocycles. The van der Waals surface area contributed by atoms with Gasteiger partial charge in [-0.15, -0.1) is 0 Å². The van der Waals surface area contributed by atoms with E-state index in [1.54, 1.807) is 28.9 Å². The van der Waals surface area contributed by atoms with Gasteiger partial charge < -0.3 is 19.3 Å². The smallest absolute Gasteiger partial charge is 0.260 e. The SMILES string of the molecule is CC(=O)N1CCN(C(=O)COc2ccc(Oc3ccc(C)cc3)cc2)CC1. The molecule has 142 valence electrons. The van der Waals surface area contributed by atoms with Crippen LogP contribution in [0.5, 0.6) is 17.2 Å². The lowest BCUT2D eigenvalue weighted by molar-refractivity contribution is -0.139. The molecule has 0 unspecified atom stereocenters. The van der Waals surface area contributed by atoms with Crippen LogP contribution in [0.2, 0.25) is 0 Å². The summed E-state index contributed by atoms with van der Waals surface area (Å²) < 4.78 is 11.4. The molecule has 2 amide bonds. The number of hydrogen-bond acceptors (Lipinski definition) is 4. The molecule has 3 rings (SSSR count). The van der Waals surface area contributed by atoms with Crippen LogP contribution in [0.15, 0.2) is 48.5 Å². The van der Waals surface area contributed by atoms with E-state index < -0.39 is 0 Å². The largest absolute Gasteiger partial charge is 0.484 e. The number of ether oxygens (including phenoxy) is 2. The minimum atomic E-state index is -0.0711. The van der Waals surface area contributed by atoms with Crippen LogP contribution in [0, 0.1) is 6.92 Å². The third kappa shape index (κ3) is 5.23. The van der Waals surface area contributed by atoms with Crippen molar-refractivity contribution >= 4 is 11.8 Å². The minimum absolute atomic E-state index is 0.0156. The Kier molecular flexibility index (Phi) is 5.96. The van der Waals surface area contributed by atoms with Crippen molar-refractivity contribution in [3.8, 4) is 17.2 Å². The van der Waals surface area contributed by atoms with E-state index in [9.17, 15) is 9.59 Å². The molecule has 0 radical (unpaired) electrons. The normalized spacial score (nSPS) is 14.0. The Balaban J connectivity index is 1.46. The number of carbonyl (C=O) groups is 2. The van der Waals surface area contributed by atoms with Crippen LogP contribution in [0.25, 0.3) is 0 Å². The number of piperazine rings is 1. The molecule has 2 aromatic carbocycles. The Labute approximate surface area is 159 Å². The Hall–Kier alpha value is -3.02. The zero-order valence-electron chi connectivity index (χ0n) is 15.7. The molecule has 0 aromatic heterocycles. The van der Waals surface area contributed by atoms with E-state index in [1.807, 2.05) is 43.3 Å². The molecular weight excluding hydrogens is 344 g/mol. The van der Waals surface area contributed by atoms with E-state index >= 15 is 0 Å². The molecule has 2 aromatic rings. The molecule has 0 N–H and O–H groups in total. The molecule has 6 nitrogen and oxygen atoms in total. The molecule has 1 fully saturated rings. The molecule has 6 heteroatoms. The van der Waals surface area contributed by atoms with E-state index in [2.05, 4.69) is 0 Å². The second-order valence-electron chi connectivity index (χ2n) is 6.56. The highest BCUT2D eigenvalue weighted by molar-refractivity contribution is 5.78. The van der Waals surface area contributed by atoms with Gasteiger partial charge in [-0.25, -0.2) is 0 Å². The average molecular weight is 368 g/mol. The maximum absolute atomic E-state index is 12.3. The van der Waals surface area contributed by atoms with Crippen molar-refractivity contribution in [3.63, 3.8) is 0 Å². The van der Waals surface area contributed by atoms with E-state index in [1.165, 1.54) is 5.56 Å². The van der Waals surface area contributed by atoms with Crippen LogP contribution in [-0.2, 0) is 9.59 Å². The first-order valence-corrected chi connectivity index (χ1v) is 9.02. The maximum Gasteiger partial charge on any atom is 0.260 e. The molecule has 0 spiro atoms. The quantitative estimate of drug-likeness (QED) is 0.814. The number of rotatable bonds is 5. The maximum atomic E-state index is 12.3. The molecule has 1 heterocycles. The number of amides is 2. The fourth-order valence-electron chi connectivity index (χ4n) is 2.85. The van der Waals surface area contributed by atoms with Crippen LogP contribution < -0.4 is 9.47 Å². The van der Waals surface area contributed by atoms with E-state index in [0.29, 0.717) is 37.7 Å². The average Bonchev–Trinajstić information content (AvgIpc) is 2.69. The third-order valence-corrected chi connectivity index (χ3v) is 4.52.